The first-order chi connectivity index (χ1) is 20.9. The molecule has 2 aliphatic rings. The summed E-state index contributed by atoms with van der Waals surface area (Å²) in [5.41, 5.74) is 2.83. The number of ether oxygens (including phenoxy) is 2. The number of para-hydroxylation sites is 4. The predicted octanol–water partition coefficient (Wildman–Crippen LogP) is 4.91. The van der Waals surface area contributed by atoms with E-state index in [-0.39, 0.29) is 30.6 Å². The Morgan fingerprint density at radius 1 is 0.977 bits per heavy atom. The standard InChI is InChI=1S/C32H33N5O5S/c1-4-27(30(39)35-23-14-8-10-16-26(23)42-3)43-32-36-22-13-7-6-12-21(22)29-34-24(31(40)37(29)32)17-18-28(38)33-19-20-11-5-9-15-25(20)41-2/h5-16,24,27H,4,17-19H2,1-3H3,(H,33,38)(H,35,39)/t24-,27+/m1/s1. The van der Waals surface area contributed by atoms with Crippen LogP contribution in [-0.2, 0) is 20.9 Å². The number of nitrogens with one attached hydrogen (secondary N) is 2. The number of benzene rings is 3. The van der Waals surface area contributed by atoms with E-state index in [0.717, 1.165) is 11.1 Å². The highest BCUT2D eigenvalue weighted by Gasteiger charge is 2.42. The molecular formula is C32H33N5O5S. The Morgan fingerprint density at radius 3 is 2.44 bits per heavy atom. The van der Waals surface area contributed by atoms with E-state index in [9.17, 15) is 14.4 Å². The topological polar surface area (TPSA) is 122 Å². The predicted molar refractivity (Wildman–Crippen MR) is 168 cm³/mol. The minimum Gasteiger partial charge on any atom is -0.496 e. The van der Waals surface area contributed by atoms with Crippen molar-refractivity contribution in [2.75, 3.05) is 19.5 Å². The molecule has 2 N–H and O–H groups in total. The number of amides is 3. The molecular weight excluding hydrogens is 566 g/mol. The van der Waals surface area contributed by atoms with Gasteiger partial charge < -0.3 is 20.1 Å². The highest BCUT2D eigenvalue weighted by molar-refractivity contribution is 8.15. The fourth-order valence-electron chi connectivity index (χ4n) is 4.88. The third-order valence-corrected chi connectivity index (χ3v) is 8.45. The number of hydrogen-bond acceptors (Lipinski definition) is 8. The molecule has 3 aromatic carbocycles. The first-order valence-electron chi connectivity index (χ1n) is 14.0. The summed E-state index contributed by atoms with van der Waals surface area (Å²) in [6, 6.07) is 21.4. The molecule has 0 bridgehead atoms. The van der Waals surface area contributed by atoms with Crippen molar-refractivity contribution >= 4 is 51.9 Å². The zero-order valence-corrected chi connectivity index (χ0v) is 25.0. The van der Waals surface area contributed by atoms with E-state index in [2.05, 4.69) is 10.6 Å². The first kappa shape index (κ1) is 29.8. The molecule has 10 nitrogen and oxygen atoms in total. The number of fused-ring (bicyclic) bond motifs is 3. The van der Waals surface area contributed by atoms with Gasteiger partial charge in [-0.1, -0.05) is 61.2 Å². The first-order valence-corrected chi connectivity index (χ1v) is 14.9. The molecule has 2 atom stereocenters. The minimum absolute atomic E-state index is 0.121. The SMILES string of the molecule is CC[C@H](SC1=Nc2ccccc2C2=N[C@H](CCC(=O)NCc3ccccc3OC)C(=O)N12)C(=O)Nc1ccccc1OC. The zero-order valence-electron chi connectivity index (χ0n) is 24.2. The van der Waals surface area contributed by atoms with Crippen LogP contribution in [0.5, 0.6) is 11.5 Å². The molecule has 11 heteroatoms. The number of hydrogen-bond donors (Lipinski definition) is 2. The number of nitrogens with zero attached hydrogens (tertiary/aromatic N) is 3. The molecule has 2 heterocycles. The van der Waals surface area contributed by atoms with E-state index in [4.69, 9.17) is 19.5 Å². The lowest BCUT2D eigenvalue weighted by Crippen LogP contribution is -2.42. The Hall–Kier alpha value is -4.64. The van der Waals surface area contributed by atoms with Gasteiger partial charge in [-0.05, 0) is 43.2 Å². The van der Waals surface area contributed by atoms with Crippen molar-refractivity contribution in [3.8, 4) is 11.5 Å². The molecule has 3 aromatic rings. The van der Waals surface area contributed by atoms with Gasteiger partial charge in [0.2, 0.25) is 11.8 Å². The number of rotatable bonds is 11. The number of carbonyl (C=O) groups is 3. The van der Waals surface area contributed by atoms with E-state index in [0.29, 0.717) is 46.8 Å². The van der Waals surface area contributed by atoms with Crippen LogP contribution in [0.3, 0.4) is 0 Å². The Labute approximate surface area is 254 Å². The summed E-state index contributed by atoms with van der Waals surface area (Å²) in [6.45, 7) is 2.22. The van der Waals surface area contributed by atoms with Crippen LogP contribution in [0, 0.1) is 0 Å². The summed E-state index contributed by atoms with van der Waals surface area (Å²) in [4.78, 5) is 50.7. The Balaban J connectivity index is 1.29. The molecule has 0 saturated carbocycles. The maximum absolute atomic E-state index is 13.7. The molecule has 0 saturated heterocycles. The van der Waals surface area contributed by atoms with Gasteiger partial charge in [0.1, 0.15) is 23.4 Å². The summed E-state index contributed by atoms with van der Waals surface area (Å²) < 4.78 is 10.7. The maximum Gasteiger partial charge on any atom is 0.259 e. The average molecular weight is 600 g/mol. The Bertz CT molecular complexity index is 1590. The molecule has 222 valence electrons. The van der Waals surface area contributed by atoms with Gasteiger partial charge in [0, 0.05) is 24.1 Å². The van der Waals surface area contributed by atoms with Crippen LogP contribution in [0.1, 0.15) is 37.3 Å². The second-order valence-electron chi connectivity index (χ2n) is 9.89. The zero-order chi connectivity index (χ0) is 30.3. The highest BCUT2D eigenvalue weighted by Crippen LogP contribution is 2.36. The van der Waals surface area contributed by atoms with Gasteiger partial charge in [0.25, 0.3) is 5.91 Å². The third kappa shape index (κ3) is 6.56. The molecule has 5 rings (SSSR count). The second kappa shape index (κ2) is 13.6. The fraction of sp³-hybridized carbons (Fsp3) is 0.281. The van der Waals surface area contributed by atoms with Crippen molar-refractivity contribution in [1.82, 2.24) is 10.2 Å². The van der Waals surface area contributed by atoms with E-state index >= 15 is 0 Å². The molecule has 0 aliphatic carbocycles. The molecule has 2 aliphatic heterocycles. The number of amidine groups is 2. The van der Waals surface area contributed by atoms with Gasteiger partial charge in [-0.25, -0.2) is 9.89 Å². The van der Waals surface area contributed by atoms with Crippen molar-refractivity contribution in [3.05, 3.63) is 83.9 Å². The lowest BCUT2D eigenvalue weighted by Gasteiger charge is -2.27. The van der Waals surface area contributed by atoms with Crippen LogP contribution in [0.4, 0.5) is 11.4 Å². The smallest absolute Gasteiger partial charge is 0.259 e. The normalized spacial score (nSPS) is 15.9. The summed E-state index contributed by atoms with van der Waals surface area (Å²) in [6.07, 6.45) is 0.856. The van der Waals surface area contributed by atoms with Crippen molar-refractivity contribution in [2.45, 2.75) is 44.0 Å². The lowest BCUT2D eigenvalue weighted by atomic mass is 10.1. The average Bonchev–Trinajstić information content (AvgIpc) is 3.38. The quantitative estimate of drug-likeness (QED) is 0.323. The summed E-state index contributed by atoms with van der Waals surface area (Å²) in [7, 11) is 3.13. The van der Waals surface area contributed by atoms with Gasteiger partial charge in [-0.3, -0.25) is 19.4 Å². The van der Waals surface area contributed by atoms with Crippen LogP contribution in [0.2, 0.25) is 0 Å². The van der Waals surface area contributed by atoms with Gasteiger partial charge >= 0.3 is 0 Å². The minimum atomic E-state index is -0.744. The summed E-state index contributed by atoms with van der Waals surface area (Å²) in [5, 5.41) is 5.68. The van der Waals surface area contributed by atoms with Gasteiger partial charge in [-0.15, -0.1) is 0 Å². The van der Waals surface area contributed by atoms with E-state index < -0.39 is 11.3 Å². The van der Waals surface area contributed by atoms with Crippen molar-refractivity contribution < 1.29 is 23.9 Å². The summed E-state index contributed by atoms with van der Waals surface area (Å²) >= 11 is 1.22. The number of thioether (sulfide) groups is 1. The molecule has 0 fully saturated rings. The van der Waals surface area contributed by atoms with Crippen LogP contribution < -0.4 is 20.1 Å². The Kier molecular flexibility index (Phi) is 9.41. The van der Waals surface area contributed by atoms with E-state index in [1.54, 1.807) is 26.4 Å². The Morgan fingerprint density at radius 2 is 1.67 bits per heavy atom. The number of methoxy groups -OCH3 is 2. The van der Waals surface area contributed by atoms with Crippen LogP contribution in [0.15, 0.2) is 82.8 Å². The fourth-order valence-corrected chi connectivity index (χ4v) is 5.90. The van der Waals surface area contributed by atoms with E-state index in [1.807, 2.05) is 67.6 Å². The number of aliphatic imine (C=N–C) groups is 2. The molecule has 0 spiro atoms. The largest absolute Gasteiger partial charge is 0.496 e. The van der Waals surface area contributed by atoms with Gasteiger partial charge in [0.15, 0.2) is 5.17 Å². The van der Waals surface area contributed by atoms with Crippen molar-refractivity contribution in [1.29, 1.82) is 0 Å². The number of carbonyl (C=O) groups excluding carboxylic acids is 3. The van der Waals surface area contributed by atoms with Crippen molar-refractivity contribution in [2.24, 2.45) is 9.98 Å². The molecule has 43 heavy (non-hydrogen) atoms. The van der Waals surface area contributed by atoms with Crippen LogP contribution >= 0.6 is 11.8 Å². The van der Waals surface area contributed by atoms with Gasteiger partial charge in [-0.2, -0.15) is 0 Å². The lowest BCUT2D eigenvalue weighted by molar-refractivity contribution is -0.125. The molecule has 0 aromatic heterocycles. The monoisotopic (exact) mass is 599 g/mol. The maximum atomic E-state index is 13.7. The van der Waals surface area contributed by atoms with Gasteiger partial charge in [0.05, 0.1) is 30.8 Å². The van der Waals surface area contributed by atoms with Crippen LogP contribution in [0.25, 0.3) is 0 Å². The molecule has 3 amide bonds. The second-order valence-corrected chi connectivity index (χ2v) is 11.1. The van der Waals surface area contributed by atoms with E-state index in [1.165, 1.54) is 16.7 Å². The van der Waals surface area contributed by atoms with Crippen molar-refractivity contribution in [3.63, 3.8) is 0 Å². The number of anilines is 1. The third-order valence-electron chi connectivity index (χ3n) is 7.14. The highest BCUT2D eigenvalue weighted by atomic mass is 32.2. The molecule has 0 unspecified atom stereocenters. The molecule has 0 radical (unpaired) electrons. The van der Waals surface area contributed by atoms with Crippen LogP contribution in [-0.4, -0.2) is 59.1 Å². The summed E-state index contributed by atoms with van der Waals surface area (Å²) in [5.74, 6) is 1.05.